The summed E-state index contributed by atoms with van der Waals surface area (Å²) in [6.07, 6.45) is 1.66. The van der Waals surface area contributed by atoms with Gasteiger partial charge in [-0.05, 0) is 68.3 Å². The van der Waals surface area contributed by atoms with E-state index in [1.165, 1.54) is 35.2 Å². The molecule has 2 amide bonds. The molecule has 3 aromatic carbocycles. The Hall–Kier alpha value is -2.49. The lowest BCUT2D eigenvalue weighted by Crippen LogP contribution is -2.51. The van der Waals surface area contributed by atoms with Crippen LogP contribution in [0.15, 0.2) is 65.6 Å². The van der Waals surface area contributed by atoms with Crippen molar-refractivity contribution in [1.29, 1.82) is 0 Å². The van der Waals surface area contributed by atoms with Crippen LogP contribution < -0.4 is 9.62 Å². The van der Waals surface area contributed by atoms with Crippen molar-refractivity contribution in [3.8, 4) is 0 Å². The third-order valence-electron chi connectivity index (χ3n) is 6.36. The molecule has 0 aliphatic heterocycles. The summed E-state index contributed by atoms with van der Waals surface area (Å²) in [5, 5.41) is 3.85. The highest BCUT2D eigenvalue weighted by Gasteiger charge is 2.33. The van der Waals surface area contributed by atoms with E-state index in [0.717, 1.165) is 22.7 Å². The average Bonchev–Trinajstić information content (AvgIpc) is 2.91. The molecular formula is C29H31Cl4N3O4S. The first-order chi connectivity index (χ1) is 19.3. The Bertz CT molecular complexity index is 1480. The van der Waals surface area contributed by atoms with Crippen LogP contribution in [0, 0.1) is 6.92 Å². The number of nitrogens with zero attached hydrogens (tertiary/aromatic N) is 2. The van der Waals surface area contributed by atoms with E-state index < -0.39 is 28.5 Å². The van der Waals surface area contributed by atoms with Gasteiger partial charge in [0.05, 0.1) is 20.6 Å². The largest absolute Gasteiger partial charge is 0.354 e. The second kappa shape index (κ2) is 14.6. The summed E-state index contributed by atoms with van der Waals surface area (Å²) >= 11 is 24.7. The zero-order valence-electron chi connectivity index (χ0n) is 22.8. The fourth-order valence-electron chi connectivity index (χ4n) is 4.00. The minimum absolute atomic E-state index is 0.0200. The summed E-state index contributed by atoms with van der Waals surface area (Å²) in [5.74, 6) is -0.994. The number of carbonyl (C=O) groups is 2. The molecule has 0 unspecified atom stereocenters. The minimum Gasteiger partial charge on any atom is -0.354 e. The van der Waals surface area contributed by atoms with Crippen molar-refractivity contribution in [2.45, 2.75) is 51.1 Å². The van der Waals surface area contributed by atoms with Gasteiger partial charge >= 0.3 is 0 Å². The lowest BCUT2D eigenvalue weighted by molar-refractivity contribution is -0.139. The summed E-state index contributed by atoms with van der Waals surface area (Å²) in [6, 6.07) is 14.5. The van der Waals surface area contributed by atoms with Crippen LogP contribution in [0.25, 0.3) is 0 Å². The van der Waals surface area contributed by atoms with Gasteiger partial charge in [0.2, 0.25) is 11.8 Å². The monoisotopic (exact) mass is 657 g/mol. The van der Waals surface area contributed by atoms with Crippen LogP contribution in [0.4, 0.5) is 5.69 Å². The molecule has 3 rings (SSSR count). The molecule has 7 nitrogen and oxygen atoms in total. The molecule has 0 radical (unpaired) electrons. The molecule has 0 heterocycles. The van der Waals surface area contributed by atoms with Gasteiger partial charge in [0.25, 0.3) is 10.0 Å². The molecule has 220 valence electrons. The molecule has 0 aliphatic carbocycles. The molecule has 12 heteroatoms. The highest BCUT2D eigenvalue weighted by Crippen LogP contribution is 2.30. The summed E-state index contributed by atoms with van der Waals surface area (Å²) in [7, 11) is -4.25. The minimum atomic E-state index is -4.25. The number of hydrogen-bond acceptors (Lipinski definition) is 4. The van der Waals surface area contributed by atoms with E-state index in [9.17, 15) is 18.0 Å². The molecule has 0 aliphatic rings. The molecule has 0 bridgehead atoms. The van der Waals surface area contributed by atoms with E-state index in [4.69, 9.17) is 46.4 Å². The van der Waals surface area contributed by atoms with Gasteiger partial charge in [-0.25, -0.2) is 8.42 Å². The molecule has 0 fully saturated rings. The number of sulfonamides is 1. The molecular weight excluding hydrogens is 628 g/mol. The van der Waals surface area contributed by atoms with E-state index in [1.807, 2.05) is 13.8 Å². The number of anilines is 1. The van der Waals surface area contributed by atoms with Crippen LogP contribution >= 0.6 is 46.4 Å². The first kappa shape index (κ1) is 33.0. The lowest BCUT2D eigenvalue weighted by atomic mass is 10.1. The number of halogens is 4. The number of hydrogen-bond donors (Lipinski definition) is 1. The SMILES string of the molecule is CCCCNC(=O)[C@@H](C)N(Cc1ccc(Cl)c(Cl)c1)C(=O)CN(c1cc(Cl)cc(Cl)c1)S(=O)(=O)c1ccc(C)cc1. The third-order valence-corrected chi connectivity index (χ3v) is 9.32. The second-order valence-corrected chi connectivity index (χ2v) is 13.1. The quantitative estimate of drug-likeness (QED) is 0.210. The summed E-state index contributed by atoms with van der Waals surface area (Å²) in [5.41, 5.74) is 1.58. The second-order valence-electron chi connectivity index (χ2n) is 9.54. The molecule has 0 spiro atoms. The Balaban J connectivity index is 2.05. The maximum Gasteiger partial charge on any atom is 0.264 e. The van der Waals surface area contributed by atoms with Crippen LogP contribution in [0.5, 0.6) is 0 Å². The Morgan fingerprint density at radius 2 is 1.54 bits per heavy atom. The van der Waals surface area contributed by atoms with Crippen molar-refractivity contribution in [3.05, 3.63) is 91.9 Å². The van der Waals surface area contributed by atoms with Gasteiger partial charge in [-0.3, -0.25) is 13.9 Å². The number of amides is 2. The van der Waals surface area contributed by atoms with E-state index in [-0.39, 0.29) is 38.1 Å². The number of carbonyl (C=O) groups excluding carboxylic acids is 2. The van der Waals surface area contributed by atoms with Gasteiger partial charge in [0.15, 0.2) is 0 Å². The number of benzene rings is 3. The van der Waals surface area contributed by atoms with E-state index >= 15 is 0 Å². The Kier molecular flexibility index (Phi) is 11.8. The van der Waals surface area contributed by atoms with E-state index in [0.29, 0.717) is 17.1 Å². The lowest BCUT2D eigenvalue weighted by Gasteiger charge is -2.32. The number of unbranched alkanes of at least 4 members (excludes halogenated alkanes) is 1. The van der Waals surface area contributed by atoms with Crippen LogP contribution in [0.2, 0.25) is 20.1 Å². The normalized spacial score (nSPS) is 12.1. The highest BCUT2D eigenvalue weighted by molar-refractivity contribution is 7.92. The first-order valence-electron chi connectivity index (χ1n) is 12.9. The molecule has 0 saturated carbocycles. The van der Waals surface area contributed by atoms with Crippen LogP contribution in [0.1, 0.15) is 37.8 Å². The molecule has 1 atom stereocenters. The predicted molar refractivity (Wildman–Crippen MR) is 167 cm³/mol. The van der Waals surface area contributed by atoms with Gasteiger partial charge in [-0.15, -0.1) is 0 Å². The van der Waals surface area contributed by atoms with Gasteiger partial charge in [0.1, 0.15) is 12.6 Å². The van der Waals surface area contributed by atoms with Crippen molar-refractivity contribution >= 4 is 73.9 Å². The van der Waals surface area contributed by atoms with Crippen LogP contribution in [-0.2, 0) is 26.2 Å². The van der Waals surface area contributed by atoms with Crippen molar-refractivity contribution in [2.75, 3.05) is 17.4 Å². The third kappa shape index (κ3) is 8.75. The summed E-state index contributed by atoms with van der Waals surface area (Å²) in [4.78, 5) is 28.3. The zero-order chi connectivity index (χ0) is 30.3. The van der Waals surface area contributed by atoms with Crippen molar-refractivity contribution < 1.29 is 18.0 Å². The van der Waals surface area contributed by atoms with Gasteiger partial charge < -0.3 is 10.2 Å². The summed E-state index contributed by atoms with van der Waals surface area (Å²) < 4.78 is 28.7. The Labute approximate surface area is 261 Å². The van der Waals surface area contributed by atoms with Crippen molar-refractivity contribution in [1.82, 2.24) is 10.2 Å². The van der Waals surface area contributed by atoms with Gasteiger partial charge in [-0.2, -0.15) is 0 Å². The smallest absolute Gasteiger partial charge is 0.264 e. The Morgan fingerprint density at radius 3 is 2.12 bits per heavy atom. The maximum atomic E-state index is 14.0. The summed E-state index contributed by atoms with van der Waals surface area (Å²) in [6.45, 7) is 5.23. The average molecular weight is 659 g/mol. The highest BCUT2D eigenvalue weighted by atomic mass is 35.5. The molecule has 41 heavy (non-hydrogen) atoms. The van der Waals surface area contributed by atoms with Gasteiger partial charge in [-0.1, -0.05) is 83.5 Å². The molecule has 0 aromatic heterocycles. The van der Waals surface area contributed by atoms with E-state index in [1.54, 1.807) is 37.3 Å². The molecule has 1 N–H and O–H groups in total. The molecule has 3 aromatic rings. The van der Waals surface area contributed by atoms with Crippen molar-refractivity contribution in [3.63, 3.8) is 0 Å². The Morgan fingerprint density at radius 1 is 0.902 bits per heavy atom. The van der Waals surface area contributed by atoms with Crippen LogP contribution in [-0.4, -0.2) is 44.3 Å². The predicted octanol–water partition coefficient (Wildman–Crippen LogP) is 7.14. The van der Waals surface area contributed by atoms with Crippen LogP contribution in [0.3, 0.4) is 0 Å². The number of nitrogens with one attached hydrogen (secondary N) is 1. The topological polar surface area (TPSA) is 86.8 Å². The van der Waals surface area contributed by atoms with Crippen molar-refractivity contribution in [2.24, 2.45) is 0 Å². The fraction of sp³-hybridized carbons (Fsp3) is 0.310. The number of aryl methyl sites for hydroxylation is 1. The van der Waals surface area contributed by atoms with Gasteiger partial charge in [0, 0.05) is 23.1 Å². The van der Waals surface area contributed by atoms with E-state index in [2.05, 4.69) is 5.32 Å². The zero-order valence-corrected chi connectivity index (χ0v) is 26.7. The number of rotatable bonds is 12. The fourth-order valence-corrected chi connectivity index (χ4v) is 6.24. The standard InChI is InChI=1S/C29H31Cl4N3O4S/c1-4-5-12-34-29(38)20(3)35(17-21-8-11-26(32)27(33)13-21)28(37)18-36(24-15-22(30)14-23(31)16-24)41(39,40)25-9-6-19(2)7-10-25/h6-11,13-16,20H,4-5,12,17-18H2,1-3H3,(H,34,38)/t20-/m1/s1. The maximum absolute atomic E-state index is 14.0. The molecule has 0 saturated heterocycles. The first-order valence-corrected chi connectivity index (χ1v) is 15.8.